The van der Waals surface area contributed by atoms with Crippen molar-refractivity contribution in [2.75, 3.05) is 23.0 Å². The Morgan fingerprint density at radius 3 is 2.53 bits per heavy atom. The first-order valence-corrected chi connectivity index (χ1v) is 10.6. The summed E-state index contributed by atoms with van der Waals surface area (Å²) in [6.45, 7) is 2.48. The molecule has 0 aliphatic carbocycles. The number of halogens is 1. The second-order valence-electron chi connectivity index (χ2n) is 6.08. The molecule has 0 saturated carbocycles. The summed E-state index contributed by atoms with van der Waals surface area (Å²) in [6.07, 6.45) is 1.62. The fraction of sp³-hybridized carbons (Fsp3) is 0.136. The van der Waals surface area contributed by atoms with E-state index in [1.165, 1.54) is 11.8 Å². The predicted octanol–water partition coefficient (Wildman–Crippen LogP) is 5.12. The fourth-order valence-electron chi connectivity index (χ4n) is 2.59. The maximum absolute atomic E-state index is 12.7. The highest BCUT2D eigenvalue weighted by molar-refractivity contribution is 8.00. The molecule has 30 heavy (non-hydrogen) atoms. The van der Waals surface area contributed by atoms with Gasteiger partial charge in [0.05, 0.1) is 28.6 Å². The van der Waals surface area contributed by atoms with Crippen LogP contribution >= 0.6 is 23.4 Å². The molecular formula is C22H20ClN3O3S. The lowest BCUT2D eigenvalue weighted by Gasteiger charge is -2.12. The molecule has 154 valence electrons. The number of hydrogen-bond acceptors (Lipinski definition) is 5. The maximum atomic E-state index is 12.7. The van der Waals surface area contributed by atoms with Crippen molar-refractivity contribution < 1.29 is 14.3 Å². The van der Waals surface area contributed by atoms with E-state index < -0.39 is 0 Å². The third-order valence-corrected chi connectivity index (χ3v) is 5.36. The van der Waals surface area contributed by atoms with E-state index >= 15 is 0 Å². The predicted molar refractivity (Wildman–Crippen MR) is 121 cm³/mol. The topological polar surface area (TPSA) is 80.3 Å². The van der Waals surface area contributed by atoms with Crippen molar-refractivity contribution in [2.24, 2.45) is 0 Å². The maximum Gasteiger partial charge on any atom is 0.257 e. The lowest BCUT2D eigenvalue weighted by molar-refractivity contribution is -0.113. The third-order valence-electron chi connectivity index (χ3n) is 3.93. The van der Waals surface area contributed by atoms with Gasteiger partial charge in [-0.3, -0.25) is 9.59 Å². The molecule has 3 aromatic rings. The molecule has 0 bridgehead atoms. The number of thioether (sulfide) groups is 1. The first kappa shape index (κ1) is 21.7. The van der Waals surface area contributed by atoms with Gasteiger partial charge in [0.1, 0.15) is 10.8 Å². The first-order chi connectivity index (χ1) is 14.6. The summed E-state index contributed by atoms with van der Waals surface area (Å²) in [4.78, 5) is 29.3. The number of ether oxygens (including phenoxy) is 1. The fourth-order valence-corrected chi connectivity index (χ4v) is 3.55. The zero-order chi connectivity index (χ0) is 21.3. The number of amides is 2. The molecule has 0 saturated heterocycles. The van der Waals surface area contributed by atoms with Crippen LogP contribution in [0.15, 0.2) is 71.9 Å². The molecule has 0 spiro atoms. The van der Waals surface area contributed by atoms with Crippen LogP contribution in [0.25, 0.3) is 0 Å². The summed E-state index contributed by atoms with van der Waals surface area (Å²) in [6, 6.07) is 17.4. The van der Waals surface area contributed by atoms with Crippen molar-refractivity contribution in [1.82, 2.24) is 4.98 Å². The highest BCUT2D eigenvalue weighted by Gasteiger charge is 2.14. The van der Waals surface area contributed by atoms with E-state index in [2.05, 4.69) is 15.6 Å². The van der Waals surface area contributed by atoms with Gasteiger partial charge in [0.15, 0.2) is 0 Å². The number of benzene rings is 2. The molecule has 1 heterocycles. The summed E-state index contributed by atoms with van der Waals surface area (Å²) in [5.74, 6) is 0.262. The second kappa shape index (κ2) is 10.7. The van der Waals surface area contributed by atoms with Crippen molar-refractivity contribution >= 4 is 46.6 Å². The molecule has 8 heteroatoms. The lowest BCUT2D eigenvalue weighted by Crippen LogP contribution is -2.19. The minimum atomic E-state index is -0.324. The number of hydrogen-bond donors (Lipinski definition) is 2. The van der Waals surface area contributed by atoms with Crippen molar-refractivity contribution in [3.8, 4) is 5.75 Å². The average molecular weight is 442 g/mol. The zero-order valence-electron chi connectivity index (χ0n) is 16.2. The van der Waals surface area contributed by atoms with Crippen LogP contribution in [0.4, 0.5) is 11.4 Å². The molecule has 0 aliphatic heterocycles. The number of anilines is 2. The minimum absolute atomic E-state index is 0.117. The molecule has 1 aromatic heterocycles. The Hall–Kier alpha value is -3.03. The molecular weight excluding hydrogens is 422 g/mol. The summed E-state index contributed by atoms with van der Waals surface area (Å²) in [5, 5.41) is 6.68. The number of pyridine rings is 1. The molecule has 3 rings (SSSR count). The number of rotatable bonds is 8. The number of para-hydroxylation sites is 1. The Kier molecular flexibility index (Phi) is 7.70. The summed E-state index contributed by atoms with van der Waals surface area (Å²) < 4.78 is 5.40. The normalized spacial score (nSPS) is 10.3. The van der Waals surface area contributed by atoms with Crippen LogP contribution in [0.2, 0.25) is 5.02 Å². The monoisotopic (exact) mass is 441 g/mol. The number of carbonyl (C=O) groups is 2. The number of aromatic nitrogens is 1. The smallest absolute Gasteiger partial charge is 0.257 e. The van der Waals surface area contributed by atoms with Gasteiger partial charge in [-0.15, -0.1) is 0 Å². The van der Waals surface area contributed by atoms with Gasteiger partial charge in [0.25, 0.3) is 5.91 Å². The number of carbonyl (C=O) groups excluding carboxylic acids is 2. The molecule has 0 unspecified atom stereocenters. The van der Waals surface area contributed by atoms with Gasteiger partial charge in [0, 0.05) is 11.9 Å². The van der Waals surface area contributed by atoms with Crippen LogP contribution in [0.1, 0.15) is 17.3 Å². The largest absolute Gasteiger partial charge is 0.494 e. The Bertz CT molecular complexity index is 1030. The molecule has 0 radical (unpaired) electrons. The van der Waals surface area contributed by atoms with Crippen molar-refractivity contribution in [3.63, 3.8) is 0 Å². The molecule has 0 atom stereocenters. The van der Waals surface area contributed by atoms with E-state index in [1.54, 1.807) is 66.9 Å². The second-order valence-corrected chi connectivity index (χ2v) is 7.46. The van der Waals surface area contributed by atoms with E-state index in [1.807, 2.05) is 6.92 Å². The van der Waals surface area contributed by atoms with Gasteiger partial charge >= 0.3 is 0 Å². The van der Waals surface area contributed by atoms with Gasteiger partial charge in [-0.05, 0) is 55.5 Å². The Balaban J connectivity index is 1.63. The van der Waals surface area contributed by atoms with Crippen LogP contribution in [0, 0.1) is 0 Å². The Morgan fingerprint density at radius 2 is 1.80 bits per heavy atom. The van der Waals surface area contributed by atoms with Gasteiger partial charge in [-0.2, -0.15) is 0 Å². The van der Waals surface area contributed by atoms with E-state index in [-0.39, 0.29) is 17.6 Å². The van der Waals surface area contributed by atoms with Crippen molar-refractivity contribution in [2.45, 2.75) is 11.9 Å². The van der Waals surface area contributed by atoms with Gasteiger partial charge in [-0.25, -0.2) is 4.98 Å². The number of nitrogens with zero attached hydrogens (tertiary/aromatic N) is 1. The van der Waals surface area contributed by atoms with Crippen LogP contribution in [-0.4, -0.2) is 29.2 Å². The van der Waals surface area contributed by atoms with Gasteiger partial charge in [-0.1, -0.05) is 35.5 Å². The lowest BCUT2D eigenvalue weighted by atomic mass is 10.1. The Labute approximate surface area is 184 Å². The third kappa shape index (κ3) is 5.98. The molecule has 6 nitrogen and oxygen atoms in total. The van der Waals surface area contributed by atoms with E-state index in [9.17, 15) is 9.59 Å². The quantitative estimate of drug-likeness (QED) is 0.474. The summed E-state index contributed by atoms with van der Waals surface area (Å²) in [7, 11) is 0. The zero-order valence-corrected chi connectivity index (χ0v) is 17.8. The van der Waals surface area contributed by atoms with Gasteiger partial charge < -0.3 is 15.4 Å². The van der Waals surface area contributed by atoms with E-state index in [0.29, 0.717) is 33.6 Å². The number of nitrogens with one attached hydrogen (secondary N) is 2. The minimum Gasteiger partial charge on any atom is -0.494 e. The van der Waals surface area contributed by atoms with Crippen LogP contribution < -0.4 is 15.4 Å². The van der Waals surface area contributed by atoms with Crippen LogP contribution in [0.3, 0.4) is 0 Å². The van der Waals surface area contributed by atoms with Crippen LogP contribution in [0.5, 0.6) is 5.75 Å². The molecule has 0 aliphatic rings. The van der Waals surface area contributed by atoms with Gasteiger partial charge in [0.2, 0.25) is 5.91 Å². The van der Waals surface area contributed by atoms with E-state index in [4.69, 9.17) is 16.3 Å². The van der Waals surface area contributed by atoms with Crippen LogP contribution in [-0.2, 0) is 4.79 Å². The summed E-state index contributed by atoms with van der Waals surface area (Å²) in [5.41, 5.74) is 1.42. The first-order valence-electron chi connectivity index (χ1n) is 9.23. The molecule has 2 aromatic carbocycles. The molecule has 0 fully saturated rings. The van der Waals surface area contributed by atoms with Crippen molar-refractivity contribution in [3.05, 3.63) is 77.4 Å². The van der Waals surface area contributed by atoms with Crippen molar-refractivity contribution in [1.29, 1.82) is 0 Å². The SMILES string of the molecule is CCOc1ccc(NC(=O)c2ccccc2NC(=O)CSc2ncccc2Cl)cc1. The highest BCUT2D eigenvalue weighted by Crippen LogP contribution is 2.25. The standard InChI is InChI=1S/C22H20ClN3O3S/c1-2-29-16-11-9-15(10-12-16)25-21(28)17-6-3-4-8-19(17)26-20(27)14-30-22-18(23)7-5-13-24-22/h3-13H,2,14H2,1H3,(H,25,28)(H,26,27). The highest BCUT2D eigenvalue weighted by atomic mass is 35.5. The van der Waals surface area contributed by atoms with E-state index in [0.717, 1.165) is 5.75 Å². The average Bonchev–Trinajstić information content (AvgIpc) is 2.75. The summed E-state index contributed by atoms with van der Waals surface area (Å²) >= 11 is 7.29. The molecule has 2 amide bonds. The molecule has 2 N–H and O–H groups in total. The Morgan fingerprint density at radius 1 is 1.03 bits per heavy atom.